The molecule has 4 rings (SSSR count). The third kappa shape index (κ3) is 7.11. The monoisotopic (exact) mass is 477 g/mol. The summed E-state index contributed by atoms with van der Waals surface area (Å²) in [6.45, 7) is 4.95. The quantitative estimate of drug-likeness (QED) is 0.409. The van der Waals surface area contributed by atoms with Crippen LogP contribution in [0.25, 0.3) is 5.95 Å². The summed E-state index contributed by atoms with van der Waals surface area (Å²) in [5, 5.41) is 6.25. The average Bonchev–Trinajstić information content (AvgIpc) is 3.58. The lowest BCUT2D eigenvalue weighted by molar-refractivity contribution is -0.121. The van der Waals surface area contributed by atoms with Gasteiger partial charge in [0.05, 0.1) is 18.3 Å². The summed E-state index contributed by atoms with van der Waals surface area (Å²) in [5.41, 5.74) is 2.79. The van der Waals surface area contributed by atoms with Gasteiger partial charge >= 0.3 is 0 Å². The van der Waals surface area contributed by atoms with Crippen LogP contribution < -0.4 is 10.6 Å². The molecule has 0 saturated carbocycles. The maximum atomic E-state index is 12.3. The molecule has 10 nitrogen and oxygen atoms in total. The molecule has 3 aromatic rings. The van der Waals surface area contributed by atoms with Crippen molar-refractivity contribution in [2.24, 2.45) is 0 Å². The topological polar surface area (TPSA) is 106 Å². The first-order chi connectivity index (χ1) is 17.1. The molecular formula is C25H31N7O3. The van der Waals surface area contributed by atoms with Crippen molar-refractivity contribution in [2.45, 2.75) is 25.9 Å². The van der Waals surface area contributed by atoms with Crippen LogP contribution in [0.5, 0.6) is 0 Å². The van der Waals surface area contributed by atoms with Crippen molar-refractivity contribution in [2.75, 3.05) is 33.5 Å². The normalized spacial score (nSPS) is 13.7. The Bertz CT molecular complexity index is 1120. The molecule has 0 spiro atoms. The number of rotatable bonds is 12. The zero-order valence-electron chi connectivity index (χ0n) is 20.1. The van der Waals surface area contributed by atoms with Crippen molar-refractivity contribution in [1.82, 2.24) is 35.1 Å². The van der Waals surface area contributed by atoms with Gasteiger partial charge in [0.1, 0.15) is 18.3 Å². The van der Waals surface area contributed by atoms with Gasteiger partial charge in [0.25, 0.3) is 0 Å². The van der Waals surface area contributed by atoms with E-state index in [0.29, 0.717) is 19.0 Å². The second kappa shape index (κ2) is 12.1. The fraction of sp³-hybridized carbons (Fsp3) is 0.360. The summed E-state index contributed by atoms with van der Waals surface area (Å²) in [6.07, 6.45) is 7.06. The van der Waals surface area contributed by atoms with Gasteiger partial charge in [-0.3, -0.25) is 14.3 Å². The minimum absolute atomic E-state index is 0.0641. The summed E-state index contributed by atoms with van der Waals surface area (Å²) in [6, 6.07) is 11.9. The number of imidazole rings is 1. The van der Waals surface area contributed by atoms with E-state index in [-0.39, 0.29) is 25.2 Å². The third-order valence-corrected chi connectivity index (χ3v) is 5.60. The Morgan fingerprint density at radius 3 is 2.80 bits per heavy atom. The lowest BCUT2D eigenvalue weighted by Gasteiger charge is -2.24. The summed E-state index contributed by atoms with van der Waals surface area (Å²) in [5.74, 6) is 1.27. The van der Waals surface area contributed by atoms with Gasteiger partial charge in [-0.15, -0.1) is 0 Å². The number of aryl methyl sites for hydroxylation is 1. The fourth-order valence-electron chi connectivity index (χ4n) is 3.84. The van der Waals surface area contributed by atoms with Gasteiger partial charge in [-0.1, -0.05) is 30.3 Å². The molecule has 1 atom stereocenters. The molecule has 0 radical (unpaired) electrons. The first-order valence-corrected chi connectivity index (χ1v) is 11.6. The molecule has 0 aliphatic carbocycles. The number of nitrogens with one attached hydrogen (secondary N) is 2. The predicted molar refractivity (Wildman–Crippen MR) is 130 cm³/mol. The van der Waals surface area contributed by atoms with Crippen LogP contribution in [0.2, 0.25) is 0 Å². The van der Waals surface area contributed by atoms with Crippen LogP contribution in [0.3, 0.4) is 0 Å². The molecule has 1 aliphatic rings. The Morgan fingerprint density at radius 1 is 1.23 bits per heavy atom. The molecule has 2 N–H and O–H groups in total. The van der Waals surface area contributed by atoms with E-state index in [0.717, 1.165) is 30.2 Å². The van der Waals surface area contributed by atoms with Crippen molar-refractivity contribution in [3.8, 4) is 5.95 Å². The Labute approximate surface area is 205 Å². The van der Waals surface area contributed by atoms with Crippen molar-refractivity contribution in [3.05, 3.63) is 84.1 Å². The SMILES string of the molecule is CNC(=O)CC(NCCN(CC1=COCO1)Cc1ccccc1)c1cc(C)nc(-n2ccnc2)n1. The number of benzene rings is 1. The number of hydrogen-bond acceptors (Lipinski definition) is 8. The second-order valence-electron chi connectivity index (χ2n) is 8.30. The average molecular weight is 478 g/mol. The van der Waals surface area contributed by atoms with E-state index in [1.54, 1.807) is 36.6 Å². The van der Waals surface area contributed by atoms with E-state index in [9.17, 15) is 4.79 Å². The fourth-order valence-corrected chi connectivity index (χ4v) is 3.84. The first kappa shape index (κ1) is 24.4. The summed E-state index contributed by atoms with van der Waals surface area (Å²) < 4.78 is 12.5. The number of nitrogens with zero attached hydrogens (tertiary/aromatic N) is 5. The van der Waals surface area contributed by atoms with Gasteiger partial charge in [0.2, 0.25) is 18.6 Å². The number of aromatic nitrogens is 4. The van der Waals surface area contributed by atoms with Crippen LogP contribution in [-0.4, -0.2) is 63.8 Å². The van der Waals surface area contributed by atoms with E-state index in [1.807, 2.05) is 31.2 Å². The minimum atomic E-state index is -0.275. The van der Waals surface area contributed by atoms with E-state index >= 15 is 0 Å². The third-order valence-electron chi connectivity index (χ3n) is 5.60. The zero-order valence-corrected chi connectivity index (χ0v) is 20.1. The first-order valence-electron chi connectivity index (χ1n) is 11.6. The van der Waals surface area contributed by atoms with E-state index in [1.165, 1.54) is 5.56 Å². The maximum absolute atomic E-state index is 12.3. The molecule has 10 heteroatoms. The van der Waals surface area contributed by atoms with Crippen LogP contribution in [0, 0.1) is 6.92 Å². The molecule has 0 fully saturated rings. The highest BCUT2D eigenvalue weighted by molar-refractivity contribution is 5.76. The van der Waals surface area contributed by atoms with Gasteiger partial charge in [-0.25, -0.2) is 15.0 Å². The molecule has 2 aromatic heterocycles. The van der Waals surface area contributed by atoms with Crippen LogP contribution in [0.1, 0.15) is 29.4 Å². The molecule has 3 heterocycles. The molecule has 35 heavy (non-hydrogen) atoms. The molecule has 1 aliphatic heterocycles. The van der Waals surface area contributed by atoms with E-state index in [4.69, 9.17) is 14.5 Å². The van der Waals surface area contributed by atoms with Crippen molar-refractivity contribution >= 4 is 5.91 Å². The highest BCUT2D eigenvalue weighted by Crippen LogP contribution is 2.18. The van der Waals surface area contributed by atoms with Crippen LogP contribution >= 0.6 is 0 Å². The number of amides is 1. The van der Waals surface area contributed by atoms with Gasteiger partial charge in [-0.05, 0) is 18.6 Å². The Kier molecular flexibility index (Phi) is 8.42. The van der Waals surface area contributed by atoms with Crippen molar-refractivity contribution in [3.63, 3.8) is 0 Å². The molecule has 0 bridgehead atoms. The van der Waals surface area contributed by atoms with Crippen molar-refractivity contribution in [1.29, 1.82) is 0 Å². The predicted octanol–water partition coefficient (Wildman–Crippen LogP) is 2.09. The number of ether oxygens (including phenoxy) is 2. The molecule has 1 amide bonds. The lowest BCUT2D eigenvalue weighted by atomic mass is 10.1. The molecule has 1 unspecified atom stereocenters. The van der Waals surface area contributed by atoms with Crippen LogP contribution in [0.15, 0.2) is 67.1 Å². The second-order valence-corrected chi connectivity index (χ2v) is 8.30. The maximum Gasteiger partial charge on any atom is 0.235 e. The number of carbonyl (C=O) groups excluding carboxylic acids is 1. The summed E-state index contributed by atoms with van der Waals surface area (Å²) in [7, 11) is 1.64. The van der Waals surface area contributed by atoms with Gasteiger partial charge < -0.3 is 20.1 Å². The Morgan fingerprint density at radius 2 is 2.09 bits per heavy atom. The Hall–Kier alpha value is -3.76. The van der Waals surface area contributed by atoms with Crippen LogP contribution in [0.4, 0.5) is 0 Å². The highest BCUT2D eigenvalue weighted by Gasteiger charge is 2.20. The zero-order chi connectivity index (χ0) is 24.5. The molecular weight excluding hydrogens is 446 g/mol. The standard InChI is InChI=1S/C25H31N7O3/c1-19-12-23(30-25(29-19)32-11-8-27-17-32)22(13-24(33)26-2)28-9-10-31(15-21-16-34-18-35-21)14-20-6-4-3-5-7-20/h3-8,11-12,16-17,22,28H,9-10,13-15,18H2,1-2H3,(H,26,33). The summed E-state index contributed by atoms with van der Waals surface area (Å²) >= 11 is 0. The Balaban J connectivity index is 1.47. The van der Waals surface area contributed by atoms with E-state index < -0.39 is 0 Å². The molecule has 184 valence electrons. The van der Waals surface area contributed by atoms with Gasteiger partial charge in [0, 0.05) is 51.2 Å². The van der Waals surface area contributed by atoms with Crippen molar-refractivity contribution < 1.29 is 14.3 Å². The van der Waals surface area contributed by atoms with Gasteiger partial charge in [0.15, 0.2) is 0 Å². The molecule has 0 saturated heterocycles. The van der Waals surface area contributed by atoms with E-state index in [2.05, 4.69) is 37.6 Å². The molecule has 1 aromatic carbocycles. The number of hydrogen-bond donors (Lipinski definition) is 2. The minimum Gasteiger partial charge on any atom is -0.462 e. The lowest BCUT2D eigenvalue weighted by Crippen LogP contribution is -2.36. The smallest absolute Gasteiger partial charge is 0.235 e. The largest absolute Gasteiger partial charge is 0.462 e. The summed E-state index contributed by atoms with van der Waals surface area (Å²) in [4.78, 5) is 27.9. The number of carbonyl (C=O) groups is 1. The van der Waals surface area contributed by atoms with Crippen LogP contribution in [-0.2, 0) is 20.8 Å². The highest BCUT2D eigenvalue weighted by atomic mass is 16.7. The van der Waals surface area contributed by atoms with Gasteiger partial charge in [-0.2, -0.15) is 0 Å².